The summed E-state index contributed by atoms with van der Waals surface area (Å²) in [5.41, 5.74) is 0.499. The number of aliphatic carboxylic acids is 1. The fourth-order valence-corrected chi connectivity index (χ4v) is 4.91. The van der Waals surface area contributed by atoms with E-state index in [-0.39, 0.29) is 0 Å². The van der Waals surface area contributed by atoms with E-state index >= 15 is 0 Å². The Morgan fingerprint density at radius 2 is 1.90 bits per heavy atom. The van der Waals surface area contributed by atoms with Gasteiger partial charge in [0.2, 0.25) is 5.13 Å². The first-order chi connectivity index (χ1) is 14.1. The third-order valence-corrected chi connectivity index (χ3v) is 6.99. The topological polar surface area (TPSA) is 78.8 Å². The van der Waals surface area contributed by atoms with Gasteiger partial charge in [0.1, 0.15) is 5.01 Å². The lowest BCUT2D eigenvalue weighted by Crippen LogP contribution is -2.41. The number of anilines is 1. The Bertz CT molecular complexity index is 718. The molecule has 0 aromatic carbocycles. The molecule has 1 spiro atoms. The van der Waals surface area contributed by atoms with Crippen LogP contribution in [0.3, 0.4) is 0 Å². The van der Waals surface area contributed by atoms with Gasteiger partial charge < -0.3 is 19.6 Å². The van der Waals surface area contributed by atoms with Crippen molar-refractivity contribution in [2.75, 3.05) is 44.8 Å². The Balaban J connectivity index is 0.000000318. The third-order valence-electron chi connectivity index (χ3n) is 6.09. The molecule has 1 aliphatic carbocycles. The molecule has 7 nitrogen and oxygen atoms in total. The molecule has 3 fully saturated rings. The number of aromatic nitrogens is 2. The number of rotatable bonds is 5. The van der Waals surface area contributed by atoms with Crippen molar-refractivity contribution in [3.8, 4) is 0 Å². The van der Waals surface area contributed by atoms with Crippen molar-refractivity contribution in [3.63, 3.8) is 0 Å². The number of aryl methyl sites for hydroxylation is 1. The normalized spacial score (nSPS) is 24.0. The van der Waals surface area contributed by atoms with Crippen molar-refractivity contribution < 1.29 is 27.8 Å². The molecule has 1 aromatic rings. The van der Waals surface area contributed by atoms with Gasteiger partial charge in [0, 0.05) is 32.3 Å². The molecule has 0 radical (unpaired) electrons. The fourth-order valence-electron chi connectivity index (χ4n) is 4.17. The Labute approximate surface area is 178 Å². The molecule has 1 aromatic heterocycles. The van der Waals surface area contributed by atoms with E-state index in [1.54, 1.807) is 11.3 Å². The quantitative estimate of drug-likeness (QED) is 0.738. The van der Waals surface area contributed by atoms with Crippen molar-refractivity contribution in [1.29, 1.82) is 0 Å². The number of piperidine rings is 1. The fraction of sp³-hybridized carbons (Fsp3) is 0.842. The van der Waals surface area contributed by atoms with E-state index in [2.05, 4.69) is 27.0 Å². The highest BCUT2D eigenvalue weighted by Crippen LogP contribution is 2.44. The van der Waals surface area contributed by atoms with Gasteiger partial charge in [-0.3, -0.25) is 0 Å². The number of carboxylic acids is 1. The maximum absolute atomic E-state index is 10.6. The van der Waals surface area contributed by atoms with Crippen LogP contribution in [0.25, 0.3) is 0 Å². The van der Waals surface area contributed by atoms with Gasteiger partial charge in [-0.25, -0.2) is 4.79 Å². The maximum atomic E-state index is 10.6. The molecule has 0 bridgehead atoms. The summed E-state index contributed by atoms with van der Waals surface area (Å²) in [4.78, 5) is 13.9. The zero-order chi connectivity index (χ0) is 21.9. The van der Waals surface area contributed by atoms with Crippen molar-refractivity contribution in [3.05, 3.63) is 5.01 Å². The highest BCUT2D eigenvalue weighted by Gasteiger charge is 2.44. The Kier molecular flexibility index (Phi) is 7.24. The van der Waals surface area contributed by atoms with Crippen LogP contribution >= 0.6 is 11.3 Å². The van der Waals surface area contributed by atoms with Gasteiger partial charge in [0.15, 0.2) is 0 Å². The van der Waals surface area contributed by atoms with Crippen molar-refractivity contribution in [2.24, 2.45) is 11.3 Å². The SMILES string of the molecule is Cc1nnc(N2CCC3(CC2)CC(COCC2CC2)N(C)C3)s1.O=C(O)C(F)(F)F. The summed E-state index contributed by atoms with van der Waals surface area (Å²) in [6.45, 7) is 7.42. The molecule has 1 atom stereocenters. The van der Waals surface area contributed by atoms with E-state index in [9.17, 15) is 13.2 Å². The van der Waals surface area contributed by atoms with Crippen LogP contribution < -0.4 is 4.90 Å². The highest BCUT2D eigenvalue weighted by molar-refractivity contribution is 7.15. The molecule has 1 unspecified atom stereocenters. The van der Waals surface area contributed by atoms with Crippen LogP contribution in [0.4, 0.5) is 18.3 Å². The minimum atomic E-state index is -5.08. The predicted octanol–water partition coefficient (Wildman–Crippen LogP) is 3.20. The van der Waals surface area contributed by atoms with Gasteiger partial charge in [-0.1, -0.05) is 11.3 Å². The van der Waals surface area contributed by atoms with Crippen LogP contribution in [0.15, 0.2) is 0 Å². The van der Waals surface area contributed by atoms with Gasteiger partial charge in [-0.2, -0.15) is 13.2 Å². The second-order valence-corrected chi connectivity index (χ2v) is 9.81. The number of halogens is 3. The van der Waals surface area contributed by atoms with Gasteiger partial charge >= 0.3 is 12.1 Å². The van der Waals surface area contributed by atoms with Crippen LogP contribution in [0.2, 0.25) is 0 Å². The Hall–Kier alpha value is -1.46. The zero-order valence-corrected chi connectivity index (χ0v) is 18.1. The lowest BCUT2D eigenvalue weighted by atomic mass is 9.77. The lowest BCUT2D eigenvalue weighted by molar-refractivity contribution is -0.192. The van der Waals surface area contributed by atoms with Crippen molar-refractivity contribution >= 4 is 22.4 Å². The third kappa shape index (κ3) is 6.27. The smallest absolute Gasteiger partial charge is 0.475 e. The number of hydrogen-bond donors (Lipinski definition) is 1. The zero-order valence-electron chi connectivity index (χ0n) is 17.3. The van der Waals surface area contributed by atoms with Crippen LogP contribution in [0.1, 0.15) is 37.1 Å². The highest BCUT2D eigenvalue weighted by atomic mass is 32.1. The predicted molar refractivity (Wildman–Crippen MR) is 107 cm³/mol. The molecule has 2 saturated heterocycles. The number of likely N-dealkylation sites (N-methyl/N-ethyl adjacent to an activating group) is 1. The van der Waals surface area contributed by atoms with E-state index in [1.807, 2.05) is 6.92 Å². The molecule has 4 rings (SSSR count). The van der Waals surface area contributed by atoms with E-state index in [1.165, 1.54) is 38.6 Å². The lowest BCUT2D eigenvalue weighted by Gasteiger charge is -2.39. The second kappa shape index (κ2) is 9.35. The molecular weight excluding hydrogens is 421 g/mol. The monoisotopic (exact) mass is 450 g/mol. The van der Waals surface area contributed by atoms with Gasteiger partial charge in [-0.05, 0) is 57.4 Å². The molecule has 3 heterocycles. The second-order valence-electron chi connectivity index (χ2n) is 8.65. The summed E-state index contributed by atoms with van der Waals surface area (Å²) < 4.78 is 37.7. The van der Waals surface area contributed by atoms with Crippen LogP contribution in [0, 0.1) is 18.3 Å². The first kappa shape index (κ1) is 23.2. The number of carbonyl (C=O) groups is 1. The van der Waals surface area contributed by atoms with Crippen LogP contribution in [-0.2, 0) is 9.53 Å². The molecule has 3 aliphatic rings. The molecule has 1 saturated carbocycles. The van der Waals surface area contributed by atoms with E-state index in [0.717, 1.165) is 42.4 Å². The summed E-state index contributed by atoms with van der Waals surface area (Å²) >= 11 is 1.72. The van der Waals surface area contributed by atoms with E-state index in [4.69, 9.17) is 14.6 Å². The molecule has 0 amide bonds. The summed E-state index contributed by atoms with van der Waals surface area (Å²) in [5, 5.41) is 17.8. The number of carboxylic acid groups (broad SMARTS) is 1. The molecule has 30 heavy (non-hydrogen) atoms. The number of ether oxygens (including phenoxy) is 1. The summed E-state index contributed by atoms with van der Waals surface area (Å²) in [5.74, 6) is -1.89. The van der Waals surface area contributed by atoms with Crippen molar-refractivity contribution in [1.82, 2.24) is 15.1 Å². The number of hydrogen-bond acceptors (Lipinski definition) is 7. The number of alkyl halides is 3. The van der Waals surface area contributed by atoms with Gasteiger partial charge in [-0.15, -0.1) is 10.2 Å². The summed E-state index contributed by atoms with van der Waals surface area (Å²) in [7, 11) is 2.28. The standard InChI is InChI=1S/C17H28N4OS.C2HF3O2/c1-13-18-19-16(23-13)21-7-5-17(6-8-21)9-15(20(2)12-17)11-22-10-14-3-4-14;3-2(4,5)1(6)7/h14-15H,3-12H2,1-2H3;(H,6,7). The van der Waals surface area contributed by atoms with Crippen LogP contribution in [-0.4, -0.2) is 78.3 Å². The number of likely N-dealkylation sites (tertiary alicyclic amines) is 1. The average Bonchev–Trinajstić information content (AvgIpc) is 3.31. The van der Waals surface area contributed by atoms with Gasteiger partial charge in [0.25, 0.3) is 0 Å². The summed E-state index contributed by atoms with van der Waals surface area (Å²) in [6.07, 6.45) is 1.53. The van der Waals surface area contributed by atoms with Crippen molar-refractivity contribution in [2.45, 2.75) is 51.2 Å². The largest absolute Gasteiger partial charge is 0.490 e. The maximum Gasteiger partial charge on any atom is 0.490 e. The number of nitrogens with zero attached hydrogens (tertiary/aromatic N) is 4. The average molecular weight is 451 g/mol. The Morgan fingerprint density at radius 1 is 1.27 bits per heavy atom. The van der Waals surface area contributed by atoms with Gasteiger partial charge in [0.05, 0.1) is 6.61 Å². The first-order valence-corrected chi connectivity index (χ1v) is 11.0. The van der Waals surface area contributed by atoms with E-state index in [0.29, 0.717) is 11.5 Å². The first-order valence-electron chi connectivity index (χ1n) is 10.2. The molecule has 2 aliphatic heterocycles. The minimum absolute atomic E-state index is 0.499. The van der Waals surface area contributed by atoms with Crippen LogP contribution in [0.5, 0.6) is 0 Å². The van der Waals surface area contributed by atoms with E-state index < -0.39 is 12.1 Å². The summed E-state index contributed by atoms with van der Waals surface area (Å²) in [6, 6.07) is 0.615. The molecule has 170 valence electrons. The molecular formula is C19H29F3N4O3S. The molecule has 1 N–H and O–H groups in total. The Morgan fingerprint density at radius 3 is 2.40 bits per heavy atom. The molecule has 11 heteroatoms. The minimum Gasteiger partial charge on any atom is -0.475 e.